The fourth-order valence-corrected chi connectivity index (χ4v) is 1.34. The molecule has 0 spiro atoms. The second kappa shape index (κ2) is 5.60. The third kappa shape index (κ3) is 3.95. The monoisotopic (exact) mass is 181 g/mol. The van der Waals surface area contributed by atoms with E-state index in [1.807, 2.05) is 0 Å². The average molecular weight is 181 g/mol. The number of carbonyl (C=O) groups excluding carboxylic acids is 1. The molecule has 3 nitrogen and oxygen atoms in total. The number of ether oxygens (including phenoxy) is 1. The van der Waals surface area contributed by atoms with E-state index < -0.39 is 0 Å². The van der Waals surface area contributed by atoms with Crippen LogP contribution in [0, 0.1) is 12.3 Å². The lowest BCUT2D eigenvalue weighted by Gasteiger charge is -2.22. The SMILES string of the molecule is C#CCCC(=O)N[C@H]1CCCOC1. The maximum Gasteiger partial charge on any atom is 0.221 e. The van der Waals surface area contributed by atoms with Crippen LogP contribution in [0.1, 0.15) is 25.7 Å². The number of amides is 1. The van der Waals surface area contributed by atoms with E-state index in [0.717, 1.165) is 19.4 Å². The zero-order chi connectivity index (χ0) is 9.52. The summed E-state index contributed by atoms with van der Waals surface area (Å²) in [7, 11) is 0. The van der Waals surface area contributed by atoms with Crippen LogP contribution in [0.25, 0.3) is 0 Å². The van der Waals surface area contributed by atoms with Crippen molar-refractivity contribution < 1.29 is 9.53 Å². The van der Waals surface area contributed by atoms with E-state index in [0.29, 0.717) is 19.4 Å². The summed E-state index contributed by atoms with van der Waals surface area (Å²) in [6.45, 7) is 1.46. The van der Waals surface area contributed by atoms with Crippen molar-refractivity contribution in [1.82, 2.24) is 5.32 Å². The Morgan fingerprint density at radius 2 is 2.54 bits per heavy atom. The molecule has 1 saturated heterocycles. The highest BCUT2D eigenvalue weighted by molar-refractivity contribution is 5.76. The molecule has 1 rings (SSSR count). The highest BCUT2D eigenvalue weighted by Gasteiger charge is 2.15. The summed E-state index contributed by atoms with van der Waals surface area (Å²) in [6.07, 6.45) is 8.04. The lowest BCUT2D eigenvalue weighted by molar-refractivity contribution is -0.122. The van der Waals surface area contributed by atoms with Crippen molar-refractivity contribution in [2.75, 3.05) is 13.2 Å². The van der Waals surface area contributed by atoms with E-state index in [2.05, 4.69) is 11.2 Å². The molecule has 13 heavy (non-hydrogen) atoms. The molecule has 1 aliphatic heterocycles. The van der Waals surface area contributed by atoms with Gasteiger partial charge in [0.15, 0.2) is 0 Å². The van der Waals surface area contributed by atoms with Crippen molar-refractivity contribution in [1.29, 1.82) is 0 Å². The Hall–Kier alpha value is -1.01. The Labute approximate surface area is 78.8 Å². The summed E-state index contributed by atoms with van der Waals surface area (Å²) in [5.41, 5.74) is 0. The smallest absolute Gasteiger partial charge is 0.221 e. The first kappa shape index (κ1) is 10.1. The van der Waals surface area contributed by atoms with Crippen molar-refractivity contribution in [3.63, 3.8) is 0 Å². The third-order valence-electron chi connectivity index (χ3n) is 2.02. The van der Waals surface area contributed by atoms with Crippen LogP contribution in [-0.2, 0) is 9.53 Å². The lowest BCUT2D eigenvalue weighted by Crippen LogP contribution is -2.40. The maximum atomic E-state index is 11.2. The van der Waals surface area contributed by atoms with Gasteiger partial charge in [-0.3, -0.25) is 4.79 Å². The van der Waals surface area contributed by atoms with Crippen molar-refractivity contribution in [3.05, 3.63) is 0 Å². The van der Waals surface area contributed by atoms with Crippen LogP contribution in [0.2, 0.25) is 0 Å². The molecular weight excluding hydrogens is 166 g/mol. The van der Waals surface area contributed by atoms with Gasteiger partial charge in [-0.1, -0.05) is 0 Å². The van der Waals surface area contributed by atoms with Crippen molar-refractivity contribution in [3.8, 4) is 12.3 Å². The molecule has 1 aliphatic rings. The average Bonchev–Trinajstić information content (AvgIpc) is 2.16. The van der Waals surface area contributed by atoms with Crippen LogP contribution >= 0.6 is 0 Å². The second-order valence-electron chi connectivity index (χ2n) is 3.19. The first-order valence-corrected chi connectivity index (χ1v) is 4.63. The van der Waals surface area contributed by atoms with Gasteiger partial charge in [0.05, 0.1) is 12.6 Å². The van der Waals surface area contributed by atoms with Gasteiger partial charge in [-0.15, -0.1) is 12.3 Å². The third-order valence-corrected chi connectivity index (χ3v) is 2.02. The molecule has 1 fully saturated rings. The molecular formula is C10H15NO2. The van der Waals surface area contributed by atoms with Gasteiger partial charge in [0, 0.05) is 19.4 Å². The van der Waals surface area contributed by atoms with Crippen LogP contribution in [0.15, 0.2) is 0 Å². The normalized spacial score (nSPS) is 21.9. The standard InChI is InChI=1S/C10H15NO2/c1-2-3-6-10(12)11-9-5-4-7-13-8-9/h1,9H,3-8H2,(H,11,12)/t9-/m0/s1. The van der Waals surface area contributed by atoms with Crippen LogP contribution in [0.4, 0.5) is 0 Å². The number of terminal acetylenes is 1. The van der Waals surface area contributed by atoms with E-state index in [9.17, 15) is 4.79 Å². The molecule has 1 amide bonds. The minimum Gasteiger partial charge on any atom is -0.379 e. The lowest BCUT2D eigenvalue weighted by atomic mass is 10.1. The highest BCUT2D eigenvalue weighted by Crippen LogP contribution is 2.05. The van der Waals surface area contributed by atoms with Gasteiger partial charge >= 0.3 is 0 Å². The molecule has 0 saturated carbocycles. The Balaban J connectivity index is 2.15. The fraction of sp³-hybridized carbons (Fsp3) is 0.700. The molecule has 1 atom stereocenters. The first-order valence-electron chi connectivity index (χ1n) is 4.63. The number of hydrogen-bond acceptors (Lipinski definition) is 2. The quantitative estimate of drug-likeness (QED) is 0.651. The van der Waals surface area contributed by atoms with Gasteiger partial charge in [-0.25, -0.2) is 0 Å². The van der Waals surface area contributed by atoms with Gasteiger partial charge in [-0.2, -0.15) is 0 Å². The van der Waals surface area contributed by atoms with Crippen LogP contribution in [-0.4, -0.2) is 25.2 Å². The van der Waals surface area contributed by atoms with E-state index >= 15 is 0 Å². The van der Waals surface area contributed by atoms with Gasteiger partial charge < -0.3 is 10.1 Å². The molecule has 0 radical (unpaired) electrons. The minimum atomic E-state index is 0.0356. The molecule has 1 heterocycles. The van der Waals surface area contributed by atoms with Crippen LogP contribution < -0.4 is 5.32 Å². The number of carbonyl (C=O) groups is 1. The Morgan fingerprint density at radius 1 is 1.69 bits per heavy atom. The molecule has 0 aromatic carbocycles. The van der Waals surface area contributed by atoms with Crippen molar-refractivity contribution >= 4 is 5.91 Å². The van der Waals surface area contributed by atoms with Crippen LogP contribution in [0.5, 0.6) is 0 Å². The Bertz CT molecular complexity index is 201. The summed E-state index contributed by atoms with van der Waals surface area (Å²) in [6, 6.07) is 0.194. The summed E-state index contributed by atoms with van der Waals surface area (Å²) in [5.74, 6) is 2.48. The molecule has 1 N–H and O–H groups in total. The number of nitrogens with one attached hydrogen (secondary N) is 1. The van der Waals surface area contributed by atoms with E-state index in [-0.39, 0.29) is 11.9 Å². The molecule has 0 aromatic heterocycles. The highest BCUT2D eigenvalue weighted by atomic mass is 16.5. The minimum absolute atomic E-state index is 0.0356. The molecule has 0 bridgehead atoms. The summed E-state index contributed by atoms with van der Waals surface area (Å²) in [5, 5.41) is 2.89. The molecule has 3 heteroatoms. The van der Waals surface area contributed by atoms with Crippen molar-refractivity contribution in [2.24, 2.45) is 0 Å². The molecule has 0 aromatic rings. The van der Waals surface area contributed by atoms with E-state index in [1.165, 1.54) is 0 Å². The summed E-state index contributed by atoms with van der Waals surface area (Å²) >= 11 is 0. The van der Waals surface area contributed by atoms with Crippen LogP contribution in [0.3, 0.4) is 0 Å². The first-order chi connectivity index (χ1) is 6.33. The summed E-state index contributed by atoms with van der Waals surface area (Å²) in [4.78, 5) is 11.2. The van der Waals surface area contributed by atoms with Gasteiger partial charge in [0.2, 0.25) is 5.91 Å². The largest absolute Gasteiger partial charge is 0.379 e. The van der Waals surface area contributed by atoms with Gasteiger partial charge in [-0.05, 0) is 12.8 Å². The molecule has 0 unspecified atom stereocenters. The zero-order valence-electron chi connectivity index (χ0n) is 7.71. The van der Waals surface area contributed by atoms with E-state index in [4.69, 9.17) is 11.2 Å². The predicted molar refractivity (Wildman–Crippen MR) is 50.1 cm³/mol. The fourth-order valence-electron chi connectivity index (χ4n) is 1.34. The predicted octanol–water partition coefficient (Wildman–Crippen LogP) is 0.695. The van der Waals surface area contributed by atoms with E-state index in [1.54, 1.807) is 0 Å². The maximum absolute atomic E-state index is 11.2. The molecule has 72 valence electrons. The van der Waals surface area contributed by atoms with Crippen molar-refractivity contribution in [2.45, 2.75) is 31.7 Å². The number of hydrogen-bond donors (Lipinski definition) is 1. The topological polar surface area (TPSA) is 38.3 Å². The number of rotatable bonds is 3. The summed E-state index contributed by atoms with van der Waals surface area (Å²) < 4.78 is 5.23. The Morgan fingerprint density at radius 3 is 3.15 bits per heavy atom. The second-order valence-corrected chi connectivity index (χ2v) is 3.19. The Kier molecular flexibility index (Phi) is 4.34. The molecule has 0 aliphatic carbocycles. The van der Waals surface area contributed by atoms with Gasteiger partial charge in [0.25, 0.3) is 0 Å². The van der Waals surface area contributed by atoms with Gasteiger partial charge in [0.1, 0.15) is 0 Å². The zero-order valence-corrected chi connectivity index (χ0v) is 7.71.